The van der Waals surface area contributed by atoms with Gasteiger partial charge in [0.05, 0.1) is 18.7 Å². The summed E-state index contributed by atoms with van der Waals surface area (Å²) in [5.41, 5.74) is 0.855. The molecule has 2 rings (SSSR count). The quantitative estimate of drug-likeness (QED) is 0.201. The van der Waals surface area contributed by atoms with Gasteiger partial charge in [0.2, 0.25) is 5.91 Å². The van der Waals surface area contributed by atoms with Crippen molar-refractivity contribution >= 4 is 45.1 Å². The zero-order valence-corrected chi connectivity index (χ0v) is 21.5. The molecule has 0 radical (unpaired) electrons. The fourth-order valence-electron chi connectivity index (χ4n) is 3.37. The van der Waals surface area contributed by atoms with Crippen LogP contribution in [0.25, 0.3) is 0 Å². The Labute approximate surface area is 204 Å². The number of esters is 1. The Bertz CT molecular complexity index is 730. The number of nitrogens with zero attached hydrogens (tertiary/aromatic N) is 1. The maximum absolute atomic E-state index is 12.3. The summed E-state index contributed by atoms with van der Waals surface area (Å²) in [6.07, 6.45) is 4.83. The van der Waals surface area contributed by atoms with E-state index in [0.717, 1.165) is 23.7 Å². The summed E-state index contributed by atoms with van der Waals surface area (Å²) < 4.78 is 16.0. The third-order valence-corrected chi connectivity index (χ3v) is 8.56. The van der Waals surface area contributed by atoms with E-state index in [1.165, 1.54) is 25.7 Å². The number of hydrogen-bond donors (Lipinski definition) is 0. The van der Waals surface area contributed by atoms with Gasteiger partial charge in [-0.05, 0) is 43.9 Å². The second-order valence-corrected chi connectivity index (χ2v) is 10.9. The first-order valence-electron chi connectivity index (χ1n) is 11.1. The molecule has 1 amide bonds. The number of benzene rings is 1. The van der Waals surface area contributed by atoms with Crippen molar-refractivity contribution in [2.45, 2.75) is 56.8 Å². The number of rotatable bonds is 14. The highest BCUT2D eigenvalue weighted by Crippen LogP contribution is 2.39. The molecular formula is C23H34ClNO5S2. The molecular weight excluding hydrogens is 470 g/mol. The van der Waals surface area contributed by atoms with E-state index in [0.29, 0.717) is 43.4 Å². The molecule has 1 saturated heterocycles. The van der Waals surface area contributed by atoms with Gasteiger partial charge in [-0.1, -0.05) is 45.7 Å². The molecule has 1 aromatic rings. The van der Waals surface area contributed by atoms with Crippen LogP contribution in [0.4, 0.5) is 0 Å². The van der Waals surface area contributed by atoms with Crippen LogP contribution in [0.2, 0.25) is 5.02 Å². The summed E-state index contributed by atoms with van der Waals surface area (Å²) in [5.74, 6) is 1.54. The Balaban J connectivity index is 1.71. The van der Waals surface area contributed by atoms with Crippen molar-refractivity contribution in [2.24, 2.45) is 0 Å². The minimum Gasteiger partial charge on any atom is -0.490 e. The molecule has 0 aliphatic carbocycles. The maximum atomic E-state index is 12.3. The van der Waals surface area contributed by atoms with Crippen molar-refractivity contribution in [1.82, 2.24) is 4.90 Å². The molecule has 1 heterocycles. The summed E-state index contributed by atoms with van der Waals surface area (Å²) in [7, 11) is 7.10. The lowest BCUT2D eigenvalue weighted by atomic mass is 10.1. The summed E-state index contributed by atoms with van der Waals surface area (Å²) in [4.78, 5) is 25.9. The number of likely N-dealkylation sites (N-methyl/N-ethyl adjacent to an activating group) is 1. The van der Waals surface area contributed by atoms with Crippen molar-refractivity contribution in [2.75, 3.05) is 39.7 Å². The Morgan fingerprint density at radius 2 is 2.12 bits per heavy atom. The number of carbonyl (C=O) groups excluding carboxylic acids is 2. The number of methoxy groups -OCH3 is 1. The largest absolute Gasteiger partial charge is 0.490 e. The molecule has 6 nitrogen and oxygen atoms in total. The molecule has 1 unspecified atom stereocenters. The third kappa shape index (κ3) is 9.41. The highest BCUT2D eigenvalue weighted by Gasteiger charge is 2.20. The van der Waals surface area contributed by atoms with Gasteiger partial charge < -0.3 is 19.1 Å². The Hall–Kier alpha value is -1.09. The Kier molecular flexibility index (Phi) is 12.7. The third-order valence-electron chi connectivity index (χ3n) is 5.25. The second-order valence-electron chi connectivity index (χ2n) is 7.67. The van der Waals surface area contributed by atoms with E-state index in [-0.39, 0.29) is 5.91 Å². The zero-order valence-electron chi connectivity index (χ0n) is 19.1. The van der Waals surface area contributed by atoms with Crippen LogP contribution in [0.1, 0.15) is 44.6 Å². The van der Waals surface area contributed by atoms with Crippen LogP contribution in [-0.2, 0) is 25.5 Å². The van der Waals surface area contributed by atoms with E-state index >= 15 is 0 Å². The number of ether oxygens (including phenoxy) is 3. The Morgan fingerprint density at radius 3 is 2.78 bits per heavy atom. The van der Waals surface area contributed by atoms with Crippen LogP contribution in [0.15, 0.2) is 18.2 Å². The lowest BCUT2D eigenvalue weighted by molar-refractivity contribution is -0.153. The van der Waals surface area contributed by atoms with Crippen LogP contribution in [0.5, 0.6) is 5.75 Å². The van der Waals surface area contributed by atoms with Gasteiger partial charge in [0.25, 0.3) is 0 Å². The smallest absolute Gasteiger partial charge is 0.335 e. The van der Waals surface area contributed by atoms with Crippen LogP contribution in [0, 0.1) is 0 Å². The van der Waals surface area contributed by atoms with Gasteiger partial charge in [0, 0.05) is 37.5 Å². The fourth-order valence-corrected chi connectivity index (χ4v) is 6.65. The van der Waals surface area contributed by atoms with Gasteiger partial charge in [-0.15, -0.1) is 0 Å². The maximum Gasteiger partial charge on any atom is 0.335 e. The van der Waals surface area contributed by atoms with Crippen molar-refractivity contribution in [3.63, 3.8) is 0 Å². The molecule has 180 valence electrons. The lowest BCUT2D eigenvalue weighted by Gasteiger charge is -2.18. The fraction of sp³-hybridized carbons (Fsp3) is 0.652. The molecule has 0 spiro atoms. The van der Waals surface area contributed by atoms with E-state index in [2.05, 4.69) is 0 Å². The molecule has 1 aromatic carbocycles. The highest BCUT2D eigenvalue weighted by atomic mass is 35.5. The first-order valence-corrected chi connectivity index (χ1v) is 13.8. The molecule has 1 fully saturated rings. The first-order chi connectivity index (χ1) is 15.4. The Morgan fingerprint density at radius 1 is 1.31 bits per heavy atom. The van der Waals surface area contributed by atoms with Gasteiger partial charge in [-0.25, -0.2) is 4.79 Å². The van der Waals surface area contributed by atoms with Crippen LogP contribution in [0.3, 0.4) is 0 Å². The normalized spacial score (nSPS) is 16.6. The molecule has 0 bridgehead atoms. The molecule has 1 aliphatic rings. The number of amides is 1. The monoisotopic (exact) mass is 503 g/mol. The van der Waals surface area contributed by atoms with Gasteiger partial charge in [-0.2, -0.15) is 0 Å². The van der Waals surface area contributed by atoms with Crippen molar-refractivity contribution in [3.05, 3.63) is 28.8 Å². The minimum atomic E-state index is -0.664. The highest BCUT2D eigenvalue weighted by molar-refractivity contribution is 8.77. The predicted molar refractivity (Wildman–Crippen MR) is 133 cm³/mol. The molecule has 32 heavy (non-hydrogen) atoms. The number of hydrogen-bond acceptors (Lipinski definition) is 7. The molecule has 0 saturated carbocycles. The summed E-state index contributed by atoms with van der Waals surface area (Å²) >= 11 is 6.35. The standard InChI is InChI=1S/C23H34ClNO5S2/c1-4-29-21(23(27)28-3)16-17-9-10-20(19(24)15-17)30-13-12-25(2)22(26)8-6-5-7-18-11-14-31-32-18/h9-10,15,18,21H,4-8,11-14,16H2,1-3H3/t18?,21-/m0/s1. The topological polar surface area (TPSA) is 65.1 Å². The van der Waals surface area contributed by atoms with Gasteiger partial charge in [0.1, 0.15) is 12.4 Å². The SMILES string of the molecule is CCO[C@@H](Cc1ccc(OCCN(C)C(=O)CCCCC2CCSS2)c(Cl)c1)C(=O)OC. The van der Waals surface area contributed by atoms with Gasteiger partial charge in [0.15, 0.2) is 6.10 Å². The second kappa shape index (κ2) is 14.9. The summed E-state index contributed by atoms with van der Waals surface area (Å²) in [5, 5.41) is 1.22. The molecule has 1 aliphatic heterocycles. The minimum absolute atomic E-state index is 0.147. The number of unbranched alkanes of at least 4 members (excludes halogenated alkanes) is 1. The van der Waals surface area contributed by atoms with Crippen molar-refractivity contribution in [3.8, 4) is 5.75 Å². The average molecular weight is 504 g/mol. The van der Waals surface area contributed by atoms with E-state index < -0.39 is 12.1 Å². The lowest BCUT2D eigenvalue weighted by Crippen LogP contribution is -2.30. The summed E-state index contributed by atoms with van der Waals surface area (Å²) in [6.45, 7) is 3.11. The van der Waals surface area contributed by atoms with E-state index in [9.17, 15) is 9.59 Å². The van der Waals surface area contributed by atoms with Crippen LogP contribution >= 0.6 is 33.2 Å². The van der Waals surface area contributed by atoms with Crippen LogP contribution in [-0.4, -0.2) is 67.8 Å². The predicted octanol–water partition coefficient (Wildman–Crippen LogP) is 5.01. The van der Waals surface area contributed by atoms with Crippen LogP contribution < -0.4 is 4.74 Å². The molecule has 0 N–H and O–H groups in total. The molecule has 0 aromatic heterocycles. The van der Waals surface area contributed by atoms with E-state index in [4.69, 9.17) is 25.8 Å². The van der Waals surface area contributed by atoms with Crippen molar-refractivity contribution < 1.29 is 23.8 Å². The van der Waals surface area contributed by atoms with Gasteiger partial charge in [-0.3, -0.25) is 4.79 Å². The molecule has 2 atom stereocenters. The molecule has 9 heteroatoms. The number of halogens is 1. The number of carbonyl (C=O) groups is 2. The first kappa shape index (κ1) is 27.2. The zero-order chi connectivity index (χ0) is 23.3. The summed E-state index contributed by atoms with van der Waals surface area (Å²) in [6, 6.07) is 5.40. The van der Waals surface area contributed by atoms with E-state index in [1.54, 1.807) is 24.1 Å². The van der Waals surface area contributed by atoms with E-state index in [1.807, 2.05) is 34.6 Å². The average Bonchev–Trinajstić information content (AvgIpc) is 3.30. The van der Waals surface area contributed by atoms with Gasteiger partial charge >= 0.3 is 5.97 Å². The van der Waals surface area contributed by atoms with Crippen molar-refractivity contribution in [1.29, 1.82) is 0 Å².